The number of pyridine rings is 1. The van der Waals surface area contributed by atoms with Crippen LogP contribution < -0.4 is 5.32 Å². The zero-order chi connectivity index (χ0) is 19.4. The number of hydrogen-bond acceptors (Lipinski definition) is 4. The molecule has 27 heavy (non-hydrogen) atoms. The lowest BCUT2D eigenvalue weighted by molar-refractivity contribution is -0.140. The van der Waals surface area contributed by atoms with Gasteiger partial charge in [-0.05, 0) is 56.8 Å². The van der Waals surface area contributed by atoms with Crippen molar-refractivity contribution in [2.45, 2.75) is 44.8 Å². The summed E-state index contributed by atoms with van der Waals surface area (Å²) < 4.78 is 7.03. The molecule has 2 atom stereocenters. The van der Waals surface area contributed by atoms with Gasteiger partial charge in [-0.3, -0.25) is 9.78 Å². The van der Waals surface area contributed by atoms with Crippen molar-refractivity contribution in [3.05, 3.63) is 54.1 Å². The maximum absolute atomic E-state index is 11.5. The summed E-state index contributed by atoms with van der Waals surface area (Å²) in [5.41, 5.74) is 2.14. The first-order chi connectivity index (χ1) is 13.0. The molecular formula is C20H26N4O2S. The van der Waals surface area contributed by atoms with Crippen LogP contribution >= 0.6 is 12.2 Å². The molecular weight excluding hydrogens is 360 g/mol. The van der Waals surface area contributed by atoms with Crippen molar-refractivity contribution >= 4 is 23.3 Å². The SMILES string of the molecule is COC(=O)CCCN1C(=S)N[C@@H](c2ccccn2)[C@@H]1c1cccn1C(C)C. The monoisotopic (exact) mass is 386 g/mol. The molecule has 0 spiro atoms. The van der Waals surface area contributed by atoms with E-state index in [2.05, 4.69) is 51.9 Å². The van der Waals surface area contributed by atoms with E-state index in [1.807, 2.05) is 18.2 Å². The molecule has 1 N–H and O–H groups in total. The number of hydrogen-bond donors (Lipinski definition) is 1. The molecule has 2 aromatic heterocycles. The molecule has 0 aromatic carbocycles. The van der Waals surface area contributed by atoms with Crippen molar-refractivity contribution in [2.24, 2.45) is 0 Å². The van der Waals surface area contributed by atoms with Gasteiger partial charge in [-0.2, -0.15) is 0 Å². The average Bonchev–Trinajstić information content (AvgIpc) is 3.27. The van der Waals surface area contributed by atoms with E-state index in [-0.39, 0.29) is 18.1 Å². The number of esters is 1. The van der Waals surface area contributed by atoms with Crippen molar-refractivity contribution in [1.82, 2.24) is 19.8 Å². The highest BCUT2D eigenvalue weighted by atomic mass is 32.1. The molecule has 1 aliphatic heterocycles. The van der Waals surface area contributed by atoms with E-state index in [9.17, 15) is 4.79 Å². The number of methoxy groups -OCH3 is 1. The number of carbonyl (C=O) groups is 1. The van der Waals surface area contributed by atoms with E-state index in [0.29, 0.717) is 30.5 Å². The minimum atomic E-state index is -0.198. The highest BCUT2D eigenvalue weighted by molar-refractivity contribution is 7.80. The lowest BCUT2D eigenvalue weighted by Crippen LogP contribution is -2.32. The molecule has 0 radical (unpaired) electrons. The molecule has 1 fully saturated rings. The van der Waals surface area contributed by atoms with Crippen molar-refractivity contribution in [1.29, 1.82) is 0 Å². The van der Waals surface area contributed by atoms with E-state index in [4.69, 9.17) is 17.0 Å². The molecule has 6 nitrogen and oxygen atoms in total. The fourth-order valence-electron chi connectivity index (χ4n) is 3.59. The van der Waals surface area contributed by atoms with Crippen LogP contribution in [0.1, 0.15) is 56.2 Å². The lowest BCUT2D eigenvalue weighted by atomic mass is 10.0. The molecule has 144 valence electrons. The van der Waals surface area contributed by atoms with Crippen LogP contribution in [0.4, 0.5) is 0 Å². The van der Waals surface area contributed by atoms with Crippen LogP contribution in [-0.2, 0) is 9.53 Å². The van der Waals surface area contributed by atoms with Gasteiger partial charge in [0.1, 0.15) is 0 Å². The van der Waals surface area contributed by atoms with Gasteiger partial charge in [0.25, 0.3) is 0 Å². The van der Waals surface area contributed by atoms with Crippen molar-refractivity contribution in [3.63, 3.8) is 0 Å². The number of carbonyl (C=O) groups excluding carboxylic acids is 1. The lowest BCUT2D eigenvalue weighted by Gasteiger charge is -2.29. The second-order valence-electron chi connectivity index (χ2n) is 6.93. The topological polar surface area (TPSA) is 59.4 Å². The highest BCUT2D eigenvalue weighted by Crippen LogP contribution is 2.39. The number of nitrogens with zero attached hydrogens (tertiary/aromatic N) is 3. The minimum absolute atomic E-state index is 0.0162. The maximum atomic E-state index is 11.5. The number of nitrogens with one attached hydrogen (secondary N) is 1. The third-order valence-corrected chi connectivity index (χ3v) is 5.23. The van der Waals surface area contributed by atoms with Crippen LogP contribution in [0.15, 0.2) is 42.7 Å². The first-order valence-corrected chi connectivity index (χ1v) is 9.65. The first kappa shape index (κ1) is 19.4. The van der Waals surface area contributed by atoms with E-state index in [1.54, 1.807) is 6.20 Å². The minimum Gasteiger partial charge on any atom is -0.469 e. The van der Waals surface area contributed by atoms with Crippen LogP contribution in [0.5, 0.6) is 0 Å². The van der Waals surface area contributed by atoms with E-state index in [1.165, 1.54) is 12.8 Å². The van der Waals surface area contributed by atoms with Crippen LogP contribution in [0.25, 0.3) is 0 Å². The summed E-state index contributed by atoms with van der Waals surface area (Å²) >= 11 is 5.65. The molecule has 0 amide bonds. The van der Waals surface area contributed by atoms with Gasteiger partial charge < -0.3 is 19.5 Å². The second-order valence-corrected chi connectivity index (χ2v) is 7.32. The van der Waals surface area contributed by atoms with Crippen LogP contribution in [-0.4, -0.2) is 39.2 Å². The molecule has 3 rings (SSSR count). The van der Waals surface area contributed by atoms with Gasteiger partial charge >= 0.3 is 5.97 Å². The van der Waals surface area contributed by atoms with Crippen LogP contribution in [0, 0.1) is 0 Å². The average molecular weight is 387 g/mol. The Kier molecular flexibility index (Phi) is 6.11. The predicted molar refractivity (Wildman–Crippen MR) is 108 cm³/mol. The third kappa shape index (κ3) is 4.13. The van der Waals surface area contributed by atoms with Gasteiger partial charge in [-0.15, -0.1) is 0 Å². The summed E-state index contributed by atoms with van der Waals surface area (Å²) in [6, 6.07) is 10.5. The Balaban J connectivity index is 1.92. The standard InChI is InChI=1S/C20H26N4O2S/c1-14(2)23-12-6-9-16(23)19-18(15-8-4-5-11-21-15)22-20(27)24(19)13-7-10-17(25)26-3/h4-6,8-9,11-12,14,18-19H,7,10,13H2,1-3H3,(H,22,27)/t18-,19-/m0/s1. The Bertz CT molecular complexity index is 790. The van der Waals surface area contributed by atoms with Gasteiger partial charge in [-0.25, -0.2) is 0 Å². The van der Waals surface area contributed by atoms with Gasteiger partial charge in [0, 0.05) is 37.1 Å². The van der Waals surface area contributed by atoms with Crippen molar-refractivity contribution in [2.75, 3.05) is 13.7 Å². The molecule has 0 bridgehead atoms. The summed E-state index contributed by atoms with van der Waals surface area (Å²) in [4.78, 5) is 18.2. The van der Waals surface area contributed by atoms with E-state index >= 15 is 0 Å². The number of ether oxygens (including phenoxy) is 1. The number of aromatic nitrogens is 2. The smallest absolute Gasteiger partial charge is 0.305 e. The second kappa shape index (κ2) is 8.52. The van der Waals surface area contributed by atoms with Crippen molar-refractivity contribution < 1.29 is 9.53 Å². The van der Waals surface area contributed by atoms with Crippen molar-refractivity contribution in [3.8, 4) is 0 Å². The van der Waals surface area contributed by atoms with Gasteiger partial charge in [0.05, 0.1) is 24.9 Å². The first-order valence-electron chi connectivity index (χ1n) is 9.24. The Morgan fingerprint density at radius 3 is 2.81 bits per heavy atom. The summed E-state index contributed by atoms with van der Waals surface area (Å²) in [5, 5.41) is 4.13. The predicted octanol–water partition coefficient (Wildman–Crippen LogP) is 3.39. The number of rotatable bonds is 7. The van der Waals surface area contributed by atoms with Crippen LogP contribution in [0.2, 0.25) is 0 Å². The quantitative estimate of drug-likeness (QED) is 0.581. The Hall–Kier alpha value is -2.41. The molecule has 2 aromatic rings. The third-order valence-electron chi connectivity index (χ3n) is 4.88. The molecule has 0 unspecified atom stereocenters. The van der Waals surface area contributed by atoms with Gasteiger partial charge in [0.15, 0.2) is 5.11 Å². The Labute approximate surface area is 165 Å². The van der Waals surface area contributed by atoms with Gasteiger partial charge in [0.2, 0.25) is 0 Å². The molecule has 1 aliphatic rings. The Morgan fingerprint density at radius 2 is 2.15 bits per heavy atom. The summed E-state index contributed by atoms with van der Waals surface area (Å²) in [6.45, 7) is 5.02. The molecule has 7 heteroatoms. The molecule has 0 saturated carbocycles. The summed E-state index contributed by atoms with van der Waals surface area (Å²) in [7, 11) is 1.42. The summed E-state index contributed by atoms with van der Waals surface area (Å²) in [6.07, 6.45) is 4.96. The fourth-order valence-corrected chi connectivity index (χ4v) is 3.92. The highest BCUT2D eigenvalue weighted by Gasteiger charge is 2.40. The van der Waals surface area contributed by atoms with Gasteiger partial charge in [-0.1, -0.05) is 6.07 Å². The summed E-state index contributed by atoms with van der Waals surface area (Å²) in [5.74, 6) is -0.198. The largest absolute Gasteiger partial charge is 0.469 e. The zero-order valence-corrected chi connectivity index (χ0v) is 16.8. The van der Waals surface area contributed by atoms with E-state index in [0.717, 1.165) is 5.69 Å². The van der Waals surface area contributed by atoms with Crippen LogP contribution in [0.3, 0.4) is 0 Å². The van der Waals surface area contributed by atoms with E-state index < -0.39 is 0 Å². The molecule has 0 aliphatic carbocycles. The molecule has 3 heterocycles. The zero-order valence-electron chi connectivity index (χ0n) is 16.0. The normalized spacial score (nSPS) is 19.4. The number of thiocarbonyl (C=S) groups is 1. The maximum Gasteiger partial charge on any atom is 0.305 e. The molecule has 1 saturated heterocycles. The Morgan fingerprint density at radius 1 is 1.33 bits per heavy atom. The fraction of sp³-hybridized carbons (Fsp3) is 0.450.